The number of hydrogen-bond donors (Lipinski definition) is 2. The number of phosphoric ester groups is 1. The summed E-state index contributed by atoms with van der Waals surface area (Å²) < 4.78 is 33.8. The van der Waals surface area contributed by atoms with Crippen LogP contribution in [0.25, 0.3) is 0 Å². The number of phosphoric acid groups is 1. The van der Waals surface area contributed by atoms with E-state index in [1.807, 2.05) is 0 Å². The lowest BCUT2D eigenvalue weighted by Gasteiger charge is -2.20. The van der Waals surface area contributed by atoms with Gasteiger partial charge >= 0.3 is 13.8 Å². The molecule has 0 spiro atoms. The molecule has 0 bridgehead atoms. The average molecular weight is 1000 g/mol. The maximum absolute atomic E-state index is 12.7. The first kappa shape index (κ1) is 68.5. The van der Waals surface area contributed by atoms with E-state index < -0.39 is 13.9 Å². The van der Waals surface area contributed by atoms with Crippen LogP contribution in [0.2, 0.25) is 0 Å². The highest BCUT2D eigenvalue weighted by Crippen LogP contribution is 2.43. The summed E-state index contributed by atoms with van der Waals surface area (Å²) in [4.78, 5) is 22.7. The molecule has 2 unspecified atom stereocenters. The van der Waals surface area contributed by atoms with Crippen LogP contribution in [0.15, 0.2) is 0 Å². The van der Waals surface area contributed by atoms with Crippen LogP contribution >= 0.6 is 7.82 Å². The molecule has 2 atom stereocenters. The predicted octanol–water partition coefficient (Wildman–Crippen LogP) is 19.9. The minimum absolute atomic E-state index is 0.0894. The van der Waals surface area contributed by atoms with Gasteiger partial charge in [-0.2, -0.15) is 0 Å². The number of ether oxygens (including phenoxy) is 2. The zero-order chi connectivity index (χ0) is 50.1. The summed E-state index contributed by atoms with van der Waals surface area (Å²) in [6.07, 6.45) is 67.5. The topological polar surface area (TPSA) is 117 Å². The largest absolute Gasteiger partial charge is 0.472 e. The van der Waals surface area contributed by atoms with Gasteiger partial charge < -0.3 is 20.1 Å². The van der Waals surface area contributed by atoms with E-state index in [0.29, 0.717) is 13.0 Å². The van der Waals surface area contributed by atoms with Gasteiger partial charge in [0.05, 0.1) is 19.8 Å². The van der Waals surface area contributed by atoms with E-state index in [4.69, 9.17) is 24.3 Å². The predicted molar refractivity (Wildman–Crippen MR) is 298 cm³/mol. The van der Waals surface area contributed by atoms with Gasteiger partial charge in [-0.05, 0) is 12.8 Å². The molecule has 0 aromatic heterocycles. The Morgan fingerprint density at radius 1 is 0.377 bits per heavy atom. The fourth-order valence-corrected chi connectivity index (χ4v) is 10.5. The summed E-state index contributed by atoms with van der Waals surface area (Å²) in [5.41, 5.74) is 5.41. The van der Waals surface area contributed by atoms with Crippen molar-refractivity contribution in [1.82, 2.24) is 0 Å². The van der Waals surface area contributed by atoms with Crippen LogP contribution in [0.3, 0.4) is 0 Å². The normalized spacial score (nSPS) is 13.0. The summed E-state index contributed by atoms with van der Waals surface area (Å²) in [5, 5.41) is 0. The molecule has 9 heteroatoms. The van der Waals surface area contributed by atoms with Gasteiger partial charge in [0.1, 0.15) is 6.10 Å². The van der Waals surface area contributed by atoms with Gasteiger partial charge in [-0.25, -0.2) is 4.57 Å². The number of unbranched alkanes of at least 4 members (excludes halogenated alkanes) is 48. The van der Waals surface area contributed by atoms with Gasteiger partial charge in [0.2, 0.25) is 0 Å². The van der Waals surface area contributed by atoms with Crippen LogP contribution in [0.1, 0.15) is 341 Å². The second kappa shape index (κ2) is 58.4. The minimum Gasteiger partial charge on any atom is -0.457 e. The van der Waals surface area contributed by atoms with Crippen molar-refractivity contribution in [3.8, 4) is 0 Å². The van der Waals surface area contributed by atoms with E-state index in [-0.39, 0.29) is 32.3 Å². The molecule has 414 valence electrons. The second-order valence-corrected chi connectivity index (χ2v) is 22.7. The van der Waals surface area contributed by atoms with Crippen molar-refractivity contribution >= 4 is 13.8 Å². The zero-order valence-corrected chi connectivity index (χ0v) is 47.5. The van der Waals surface area contributed by atoms with Crippen molar-refractivity contribution in [2.45, 2.75) is 347 Å². The van der Waals surface area contributed by atoms with Crippen molar-refractivity contribution in [3.05, 3.63) is 0 Å². The molecule has 0 saturated carbocycles. The van der Waals surface area contributed by atoms with E-state index in [0.717, 1.165) is 32.1 Å². The summed E-state index contributed by atoms with van der Waals surface area (Å²) in [7, 11) is -4.28. The Morgan fingerprint density at radius 2 is 0.638 bits per heavy atom. The Morgan fingerprint density at radius 3 is 0.913 bits per heavy atom. The van der Waals surface area contributed by atoms with Crippen LogP contribution in [-0.2, 0) is 27.9 Å². The zero-order valence-electron chi connectivity index (χ0n) is 46.6. The molecule has 0 aliphatic rings. The molecule has 0 aliphatic heterocycles. The fourth-order valence-electron chi connectivity index (χ4n) is 9.71. The Bertz CT molecular complexity index is 1030. The smallest absolute Gasteiger partial charge is 0.457 e. The quantitative estimate of drug-likeness (QED) is 0.0351. The Labute approximate surface area is 431 Å². The molecule has 69 heavy (non-hydrogen) atoms. The average Bonchev–Trinajstić information content (AvgIpc) is 3.34. The van der Waals surface area contributed by atoms with E-state index >= 15 is 0 Å². The Kier molecular flexibility index (Phi) is 58.0. The number of esters is 1. The van der Waals surface area contributed by atoms with Crippen LogP contribution in [0.5, 0.6) is 0 Å². The molecule has 0 fully saturated rings. The lowest BCUT2D eigenvalue weighted by Crippen LogP contribution is -2.28. The molecule has 0 aromatic rings. The molecule has 0 rings (SSSR count). The van der Waals surface area contributed by atoms with E-state index in [2.05, 4.69) is 13.8 Å². The monoisotopic (exact) mass is 1000 g/mol. The highest BCUT2D eigenvalue weighted by molar-refractivity contribution is 7.47. The lowest BCUT2D eigenvalue weighted by atomic mass is 10.0. The number of carbonyl (C=O) groups excluding carboxylic acids is 1. The first-order valence-electron chi connectivity index (χ1n) is 31.0. The highest BCUT2D eigenvalue weighted by Gasteiger charge is 2.25. The van der Waals surface area contributed by atoms with Crippen molar-refractivity contribution in [2.75, 3.05) is 33.0 Å². The molecule has 0 aromatic carbocycles. The summed E-state index contributed by atoms with van der Waals surface area (Å²) in [6.45, 7) is 5.03. The van der Waals surface area contributed by atoms with E-state index in [1.165, 1.54) is 289 Å². The summed E-state index contributed by atoms with van der Waals surface area (Å²) in [5.74, 6) is -0.318. The third-order valence-electron chi connectivity index (χ3n) is 14.3. The molecular formula is C60H122NO7P. The van der Waals surface area contributed by atoms with Gasteiger partial charge in [-0.15, -0.1) is 0 Å². The van der Waals surface area contributed by atoms with Crippen molar-refractivity contribution < 1.29 is 32.8 Å². The molecule has 0 radical (unpaired) electrons. The first-order chi connectivity index (χ1) is 33.9. The first-order valence-corrected chi connectivity index (χ1v) is 32.5. The maximum atomic E-state index is 12.7. The fraction of sp³-hybridized carbons (Fsp3) is 0.983. The van der Waals surface area contributed by atoms with Crippen LogP contribution < -0.4 is 5.73 Å². The molecule has 0 aliphatic carbocycles. The number of rotatable bonds is 61. The van der Waals surface area contributed by atoms with Gasteiger partial charge in [-0.1, -0.05) is 322 Å². The third-order valence-corrected chi connectivity index (χ3v) is 15.3. The summed E-state index contributed by atoms with van der Waals surface area (Å²) in [6, 6.07) is 0. The standard InChI is InChI=1S/C60H122NO7P/c1-3-5-7-9-11-13-15-17-19-21-23-25-27-29-31-33-35-37-39-41-43-45-47-49-51-53-60(62)68-59(58-67-69(63,64)66-56-54-61)57-65-55-52-50-48-46-44-42-40-38-36-34-32-30-28-26-24-22-20-18-16-14-12-10-8-6-4-2/h59H,3-58,61H2,1-2H3,(H,63,64). The molecule has 8 nitrogen and oxygen atoms in total. The van der Waals surface area contributed by atoms with Crippen LogP contribution in [-0.4, -0.2) is 49.9 Å². The highest BCUT2D eigenvalue weighted by atomic mass is 31.2. The van der Waals surface area contributed by atoms with Crippen molar-refractivity contribution in [3.63, 3.8) is 0 Å². The number of nitrogens with two attached hydrogens (primary N) is 1. The van der Waals surface area contributed by atoms with Gasteiger partial charge in [0, 0.05) is 19.6 Å². The van der Waals surface area contributed by atoms with Gasteiger partial charge in [-0.3, -0.25) is 13.8 Å². The van der Waals surface area contributed by atoms with Crippen LogP contribution in [0, 0.1) is 0 Å². The van der Waals surface area contributed by atoms with Gasteiger partial charge in [0.15, 0.2) is 0 Å². The van der Waals surface area contributed by atoms with E-state index in [9.17, 15) is 14.3 Å². The summed E-state index contributed by atoms with van der Waals surface area (Å²) >= 11 is 0. The van der Waals surface area contributed by atoms with Gasteiger partial charge in [0.25, 0.3) is 0 Å². The molecule has 0 heterocycles. The second-order valence-electron chi connectivity index (χ2n) is 21.3. The third kappa shape index (κ3) is 58.3. The lowest BCUT2D eigenvalue weighted by molar-refractivity contribution is -0.154. The Balaban J connectivity index is 3.78. The molecule has 0 amide bonds. The number of carbonyl (C=O) groups is 1. The maximum Gasteiger partial charge on any atom is 0.472 e. The molecular weight excluding hydrogens is 878 g/mol. The van der Waals surface area contributed by atoms with Crippen LogP contribution in [0.4, 0.5) is 0 Å². The molecule has 3 N–H and O–H groups in total. The molecule has 0 saturated heterocycles. The SMILES string of the molecule is CCCCCCCCCCCCCCCCCCCCCCCCCCCOCC(COP(=O)(O)OCCN)OC(=O)CCCCCCCCCCCCCCCCCCCCCCCCCCC. The Hall–Kier alpha value is -0.500. The minimum atomic E-state index is -4.28. The van der Waals surface area contributed by atoms with Crippen molar-refractivity contribution in [1.29, 1.82) is 0 Å². The van der Waals surface area contributed by atoms with E-state index in [1.54, 1.807) is 0 Å². The number of hydrogen-bond acceptors (Lipinski definition) is 7. The van der Waals surface area contributed by atoms with Crippen molar-refractivity contribution in [2.24, 2.45) is 5.73 Å².